The summed E-state index contributed by atoms with van der Waals surface area (Å²) in [4.78, 5) is 24.0. The van der Waals surface area contributed by atoms with Crippen molar-refractivity contribution in [2.45, 2.75) is 54.8 Å². The first-order valence-corrected chi connectivity index (χ1v) is 16.9. The lowest BCUT2D eigenvalue weighted by Gasteiger charge is -2.39. The number of phenolic OH excluding ortho intramolecular Hbond substituents is 1. The third-order valence-corrected chi connectivity index (χ3v) is 8.90. The van der Waals surface area contributed by atoms with E-state index in [1.54, 1.807) is 6.07 Å². The molecule has 9 atom stereocenters. The number of ether oxygens (including phenoxy) is 8. The number of phenols is 2. The van der Waals surface area contributed by atoms with Crippen LogP contribution in [-0.2, 0) is 23.7 Å². The van der Waals surface area contributed by atoms with Crippen molar-refractivity contribution in [3.8, 4) is 34.5 Å². The molecule has 0 bridgehead atoms. The number of rotatable bonds is 16. The molecule has 0 radical (unpaired) electrons. The lowest BCUT2D eigenvalue weighted by Crippen LogP contribution is -2.58. The number of hydrogen-bond acceptors (Lipinski definition) is 18. The van der Waals surface area contributed by atoms with Crippen molar-refractivity contribution >= 4 is 18.0 Å². The minimum absolute atomic E-state index is 0.103. The Morgan fingerprint density at radius 2 is 1.66 bits per heavy atom. The van der Waals surface area contributed by atoms with Gasteiger partial charge in [0.1, 0.15) is 48.1 Å². The highest BCUT2D eigenvalue weighted by molar-refractivity contribution is 5.91. The van der Waals surface area contributed by atoms with Gasteiger partial charge < -0.3 is 83.9 Å². The standard InChI is InChI=1S/C37H42O19/c1-49-26-12-19(5-7-23(26)40)30(43)28(14-38)55-25-9-3-18(11-27(25)50-2)4-10-29(42)52-16-37(48)17-53-36(33(37)45)56-32-31(44)24(41)15-51-35(32)54-20-6-8-22(39)21(13-20)34(46)47/h3-13,24,28,30-33,35-36,38-41,43-45,48H,14-17H2,1-2H3,(H,46,47). The molecule has 0 saturated carbocycles. The Hall–Kier alpha value is -5.22. The number of esters is 1. The minimum Gasteiger partial charge on any atom is -0.507 e. The number of aliphatic hydroxyl groups is 6. The second-order valence-corrected chi connectivity index (χ2v) is 12.8. The highest BCUT2D eigenvalue weighted by Gasteiger charge is 2.53. The smallest absolute Gasteiger partial charge is 0.339 e. The molecule has 9 N–H and O–H groups in total. The van der Waals surface area contributed by atoms with Crippen molar-refractivity contribution < 1.29 is 93.4 Å². The zero-order valence-electron chi connectivity index (χ0n) is 29.9. The van der Waals surface area contributed by atoms with E-state index >= 15 is 0 Å². The fourth-order valence-electron chi connectivity index (χ4n) is 5.71. The van der Waals surface area contributed by atoms with E-state index in [0.717, 1.165) is 18.2 Å². The maximum Gasteiger partial charge on any atom is 0.339 e. The maximum absolute atomic E-state index is 12.6. The van der Waals surface area contributed by atoms with E-state index in [9.17, 15) is 55.5 Å². The van der Waals surface area contributed by atoms with E-state index < -0.39 is 104 Å². The van der Waals surface area contributed by atoms with Crippen molar-refractivity contribution in [1.29, 1.82) is 0 Å². The van der Waals surface area contributed by atoms with Crippen LogP contribution in [-0.4, -0.2) is 147 Å². The van der Waals surface area contributed by atoms with Gasteiger partial charge in [0.15, 0.2) is 47.1 Å². The van der Waals surface area contributed by atoms with Gasteiger partial charge in [-0.05, 0) is 59.7 Å². The Morgan fingerprint density at radius 1 is 0.929 bits per heavy atom. The van der Waals surface area contributed by atoms with Gasteiger partial charge in [0.25, 0.3) is 0 Å². The van der Waals surface area contributed by atoms with Crippen LogP contribution in [0.5, 0.6) is 34.5 Å². The van der Waals surface area contributed by atoms with Crippen molar-refractivity contribution in [3.63, 3.8) is 0 Å². The van der Waals surface area contributed by atoms with Crippen LogP contribution >= 0.6 is 0 Å². The Bertz CT molecular complexity index is 1870. The van der Waals surface area contributed by atoms with Crippen LogP contribution in [0, 0.1) is 0 Å². The highest BCUT2D eigenvalue weighted by Crippen LogP contribution is 2.35. The molecule has 56 heavy (non-hydrogen) atoms. The average Bonchev–Trinajstić information content (AvgIpc) is 3.47. The van der Waals surface area contributed by atoms with Gasteiger partial charge in [0, 0.05) is 6.08 Å². The Balaban J connectivity index is 1.17. The molecule has 2 heterocycles. The molecule has 5 rings (SSSR count). The molecule has 2 aliphatic heterocycles. The lowest BCUT2D eigenvalue weighted by atomic mass is 10.0. The number of aliphatic hydroxyl groups excluding tert-OH is 5. The first kappa shape index (κ1) is 41.9. The Morgan fingerprint density at radius 3 is 2.36 bits per heavy atom. The maximum atomic E-state index is 12.6. The van der Waals surface area contributed by atoms with Crippen LogP contribution in [0.3, 0.4) is 0 Å². The fraction of sp³-hybridized carbons (Fsp3) is 0.405. The van der Waals surface area contributed by atoms with E-state index in [2.05, 4.69) is 0 Å². The van der Waals surface area contributed by atoms with Crippen LogP contribution in [0.1, 0.15) is 27.6 Å². The number of hydrogen-bond donors (Lipinski definition) is 9. The van der Waals surface area contributed by atoms with Crippen molar-refractivity contribution in [2.24, 2.45) is 0 Å². The summed E-state index contributed by atoms with van der Waals surface area (Å²) in [5.41, 5.74) is -1.92. The number of methoxy groups -OCH3 is 2. The number of benzene rings is 3. The second-order valence-electron chi connectivity index (χ2n) is 12.8. The normalized spacial score (nSPS) is 26.0. The van der Waals surface area contributed by atoms with Crippen LogP contribution in [0.4, 0.5) is 0 Å². The molecule has 2 saturated heterocycles. The van der Waals surface area contributed by atoms with Gasteiger partial charge >= 0.3 is 11.9 Å². The molecular weight excluding hydrogens is 748 g/mol. The van der Waals surface area contributed by atoms with Gasteiger partial charge in [0.2, 0.25) is 6.29 Å². The zero-order valence-corrected chi connectivity index (χ0v) is 29.9. The van der Waals surface area contributed by atoms with Gasteiger partial charge in [-0.25, -0.2) is 9.59 Å². The number of aromatic carboxylic acids is 1. The Labute approximate surface area is 318 Å². The summed E-state index contributed by atoms with van der Waals surface area (Å²) in [6, 6.07) is 12.0. The SMILES string of the molecule is COc1cc(C(O)C(CO)Oc2ccc(C=CC(=O)OCC3(O)COC(OC4C(Oc5ccc(O)c(C(=O)O)c5)OCC(O)C4O)C3O)cc2OC)ccc1O. The Kier molecular flexibility index (Phi) is 13.6. The molecular formula is C37H42O19. The van der Waals surface area contributed by atoms with Crippen LogP contribution in [0.2, 0.25) is 0 Å². The molecule has 0 aliphatic carbocycles. The first-order valence-electron chi connectivity index (χ1n) is 16.9. The molecule has 0 amide bonds. The average molecular weight is 791 g/mol. The van der Waals surface area contributed by atoms with E-state index in [1.807, 2.05) is 0 Å². The lowest BCUT2D eigenvalue weighted by molar-refractivity contribution is -0.297. The summed E-state index contributed by atoms with van der Waals surface area (Å²) >= 11 is 0. The van der Waals surface area contributed by atoms with E-state index in [0.29, 0.717) is 11.1 Å². The predicted octanol–water partition coefficient (Wildman–Crippen LogP) is -0.167. The third kappa shape index (κ3) is 9.59. The van der Waals surface area contributed by atoms with Crippen LogP contribution in [0.25, 0.3) is 6.08 Å². The quantitative estimate of drug-likeness (QED) is 0.0673. The molecule has 2 aliphatic rings. The summed E-state index contributed by atoms with van der Waals surface area (Å²) in [7, 11) is 2.71. The fourth-order valence-corrected chi connectivity index (χ4v) is 5.71. The first-order chi connectivity index (χ1) is 26.7. The van der Waals surface area contributed by atoms with Gasteiger partial charge in [-0.2, -0.15) is 0 Å². The second kappa shape index (κ2) is 18.2. The molecule has 3 aromatic carbocycles. The summed E-state index contributed by atoms with van der Waals surface area (Å²) in [6.07, 6.45) is -9.74. The van der Waals surface area contributed by atoms with Crippen LogP contribution < -0.4 is 18.9 Å². The number of carboxylic acid groups (broad SMARTS) is 1. The van der Waals surface area contributed by atoms with Crippen molar-refractivity contribution in [2.75, 3.05) is 40.6 Å². The molecule has 0 aromatic heterocycles. The molecule has 2 fully saturated rings. The third-order valence-electron chi connectivity index (χ3n) is 8.90. The molecule has 19 nitrogen and oxygen atoms in total. The van der Waals surface area contributed by atoms with Crippen molar-refractivity contribution in [3.05, 3.63) is 77.4 Å². The topological polar surface area (TPSA) is 290 Å². The molecule has 9 unspecified atom stereocenters. The minimum atomic E-state index is -2.18. The number of carbonyl (C=O) groups is 2. The van der Waals surface area contributed by atoms with Gasteiger partial charge in [-0.3, -0.25) is 0 Å². The highest BCUT2D eigenvalue weighted by atomic mass is 16.8. The molecule has 3 aromatic rings. The van der Waals surface area contributed by atoms with Gasteiger partial charge in [-0.15, -0.1) is 0 Å². The zero-order chi connectivity index (χ0) is 40.7. The number of carboxylic acids is 1. The largest absolute Gasteiger partial charge is 0.507 e. The molecule has 304 valence electrons. The van der Waals surface area contributed by atoms with Crippen LogP contribution in [0.15, 0.2) is 60.7 Å². The number of carbonyl (C=O) groups excluding carboxylic acids is 1. The van der Waals surface area contributed by atoms with E-state index in [4.69, 9.17) is 37.9 Å². The summed E-state index contributed by atoms with van der Waals surface area (Å²) < 4.78 is 43.6. The summed E-state index contributed by atoms with van der Waals surface area (Å²) in [5.74, 6) is -2.69. The predicted molar refractivity (Wildman–Crippen MR) is 187 cm³/mol. The van der Waals surface area contributed by atoms with E-state index in [1.165, 1.54) is 56.7 Å². The summed E-state index contributed by atoms with van der Waals surface area (Å²) in [6.45, 7) is -2.35. The number of aromatic hydroxyl groups is 2. The summed E-state index contributed by atoms with van der Waals surface area (Å²) in [5, 5.41) is 92.6. The molecule has 0 spiro atoms. The van der Waals surface area contributed by atoms with Crippen molar-refractivity contribution in [1.82, 2.24) is 0 Å². The van der Waals surface area contributed by atoms with Gasteiger partial charge in [-0.1, -0.05) is 12.1 Å². The molecule has 19 heteroatoms. The van der Waals surface area contributed by atoms with E-state index in [-0.39, 0.29) is 28.7 Å². The monoisotopic (exact) mass is 790 g/mol. The van der Waals surface area contributed by atoms with Gasteiger partial charge in [0.05, 0.1) is 34.0 Å².